The highest BCUT2D eigenvalue weighted by atomic mass is 16.5. The Morgan fingerprint density at radius 1 is 1.14 bits per heavy atom. The Hall–Kier alpha value is -3.52. The maximum Gasteiger partial charge on any atom is 0.337 e. The molecular formula is C20H21N5O3. The lowest BCUT2D eigenvalue weighted by Crippen LogP contribution is -2.21. The van der Waals surface area contributed by atoms with Crippen LogP contribution < -0.4 is 10.6 Å². The number of aliphatic hydroxyl groups excluding tert-OH is 1. The minimum atomic E-state index is -0.391. The SMILES string of the molecule is COC(=O)c1ccc(Nc2cc(-c3ccncc3)nc(N[C@H](C)CO)n2)cc1. The Balaban J connectivity index is 1.90. The molecule has 144 valence electrons. The van der Waals surface area contributed by atoms with Gasteiger partial charge in [-0.2, -0.15) is 4.98 Å². The summed E-state index contributed by atoms with van der Waals surface area (Å²) in [7, 11) is 1.35. The van der Waals surface area contributed by atoms with Crippen LogP contribution in [0.25, 0.3) is 11.3 Å². The number of aromatic nitrogens is 3. The van der Waals surface area contributed by atoms with Gasteiger partial charge in [0.15, 0.2) is 0 Å². The number of carbonyl (C=O) groups excluding carboxylic acids is 1. The summed E-state index contributed by atoms with van der Waals surface area (Å²) < 4.78 is 4.71. The molecule has 0 bridgehead atoms. The number of esters is 1. The van der Waals surface area contributed by atoms with Gasteiger partial charge in [0.2, 0.25) is 5.95 Å². The first kappa shape index (κ1) is 19.2. The van der Waals surface area contributed by atoms with Crippen molar-refractivity contribution in [1.82, 2.24) is 15.0 Å². The molecule has 0 saturated carbocycles. The monoisotopic (exact) mass is 379 g/mol. The number of benzene rings is 1. The van der Waals surface area contributed by atoms with Gasteiger partial charge in [-0.05, 0) is 43.3 Å². The minimum absolute atomic E-state index is 0.0411. The van der Waals surface area contributed by atoms with Crippen LogP contribution in [-0.4, -0.2) is 45.8 Å². The predicted molar refractivity (Wildman–Crippen MR) is 106 cm³/mol. The first-order chi connectivity index (χ1) is 13.6. The van der Waals surface area contributed by atoms with E-state index in [1.165, 1.54) is 7.11 Å². The maximum atomic E-state index is 11.6. The quantitative estimate of drug-likeness (QED) is 0.538. The third-order valence-electron chi connectivity index (χ3n) is 3.93. The summed E-state index contributed by atoms with van der Waals surface area (Å²) in [6.07, 6.45) is 3.39. The Morgan fingerprint density at radius 3 is 2.50 bits per heavy atom. The molecule has 0 spiro atoms. The number of nitrogens with one attached hydrogen (secondary N) is 2. The van der Waals surface area contributed by atoms with Gasteiger partial charge >= 0.3 is 5.97 Å². The maximum absolute atomic E-state index is 11.6. The zero-order chi connectivity index (χ0) is 19.9. The van der Waals surface area contributed by atoms with Crippen LogP contribution >= 0.6 is 0 Å². The van der Waals surface area contributed by atoms with E-state index in [1.807, 2.05) is 25.1 Å². The summed E-state index contributed by atoms with van der Waals surface area (Å²) in [5.74, 6) is 0.572. The molecule has 0 unspecified atom stereocenters. The normalized spacial score (nSPS) is 11.5. The fourth-order valence-electron chi connectivity index (χ4n) is 2.47. The van der Waals surface area contributed by atoms with Gasteiger partial charge in [-0.1, -0.05) is 0 Å². The minimum Gasteiger partial charge on any atom is -0.465 e. The number of ether oxygens (including phenoxy) is 1. The van der Waals surface area contributed by atoms with Crippen LogP contribution in [0.2, 0.25) is 0 Å². The Morgan fingerprint density at radius 2 is 1.86 bits per heavy atom. The molecule has 0 amide bonds. The molecule has 3 aromatic rings. The van der Waals surface area contributed by atoms with Crippen LogP contribution in [0.3, 0.4) is 0 Å². The third-order valence-corrected chi connectivity index (χ3v) is 3.93. The van der Waals surface area contributed by atoms with E-state index in [2.05, 4.69) is 25.6 Å². The van der Waals surface area contributed by atoms with E-state index in [9.17, 15) is 9.90 Å². The molecule has 1 aromatic carbocycles. The molecule has 0 aliphatic heterocycles. The van der Waals surface area contributed by atoms with E-state index in [0.717, 1.165) is 11.3 Å². The molecule has 1 atom stereocenters. The molecule has 3 rings (SSSR count). The fraction of sp³-hybridized carbons (Fsp3) is 0.200. The van der Waals surface area contributed by atoms with Crippen molar-refractivity contribution in [2.75, 3.05) is 24.4 Å². The lowest BCUT2D eigenvalue weighted by atomic mass is 10.2. The number of hydrogen-bond donors (Lipinski definition) is 3. The van der Waals surface area contributed by atoms with Crippen LogP contribution in [0.5, 0.6) is 0 Å². The molecule has 0 aliphatic rings. The van der Waals surface area contributed by atoms with Gasteiger partial charge in [0, 0.05) is 35.8 Å². The van der Waals surface area contributed by atoms with E-state index < -0.39 is 5.97 Å². The fourth-order valence-corrected chi connectivity index (χ4v) is 2.47. The number of rotatable bonds is 7. The van der Waals surface area contributed by atoms with Crippen molar-refractivity contribution >= 4 is 23.4 Å². The number of nitrogens with zero attached hydrogens (tertiary/aromatic N) is 3. The van der Waals surface area contributed by atoms with Crippen molar-refractivity contribution in [3.05, 3.63) is 60.4 Å². The van der Waals surface area contributed by atoms with E-state index >= 15 is 0 Å². The van der Waals surface area contributed by atoms with Gasteiger partial charge in [-0.15, -0.1) is 0 Å². The topological polar surface area (TPSA) is 109 Å². The predicted octanol–water partition coefficient (Wildman–Crippen LogP) is 2.86. The van der Waals surface area contributed by atoms with Gasteiger partial charge in [0.05, 0.1) is 25.0 Å². The molecule has 2 heterocycles. The Bertz CT molecular complexity index is 932. The second-order valence-corrected chi connectivity index (χ2v) is 6.12. The van der Waals surface area contributed by atoms with Crippen LogP contribution in [0.15, 0.2) is 54.9 Å². The highest BCUT2D eigenvalue weighted by Gasteiger charge is 2.10. The van der Waals surface area contributed by atoms with Gasteiger partial charge in [-0.25, -0.2) is 9.78 Å². The standard InChI is InChI=1S/C20H21N5O3/c1-13(12-26)22-20-24-17(14-7-9-21-10-8-14)11-18(25-20)23-16-5-3-15(4-6-16)19(27)28-2/h3-11,13,26H,12H2,1-2H3,(H2,22,23,24,25)/t13-/m1/s1. The van der Waals surface area contributed by atoms with E-state index in [1.54, 1.807) is 36.7 Å². The zero-order valence-corrected chi connectivity index (χ0v) is 15.6. The molecule has 0 fully saturated rings. The molecule has 8 nitrogen and oxygen atoms in total. The molecular weight excluding hydrogens is 358 g/mol. The smallest absolute Gasteiger partial charge is 0.337 e. The molecule has 3 N–H and O–H groups in total. The molecule has 0 saturated heterocycles. The summed E-state index contributed by atoms with van der Waals surface area (Å²) in [5, 5.41) is 15.6. The summed E-state index contributed by atoms with van der Waals surface area (Å²) in [6.45, 7) is 1.79. The van der Waals surface area contributed by atoms with Crippen LogP contribution in [-0.2, 0) is 4.74 Å². The average Bonchev–Trinajstić information content (AvgIpc) is 2.74. The molecule has 28 heavy (non-hydrogen) atoms. The first-order valence-electron chi connectivity index (χ1n) is 8.71. The summed E-state index contributed by atoms with van der Waals surface area (Å²) in [4.78, 5) is 24.6. The van der Waals surface area contributed by atoms with Crippen molar-refractivity contribution in [3.63, 3.8) is 0 Å². The van der Waals surface area contributed by atoms with Crippen molar-refractivity contribution in [1.29, 1.82) is 0 Å². The number of methoxy groups -OCH3 is 1. The molecule has 0 radical (unpaired) electrons. The van der Waals surface area contributed by atoms with E-state index in [0.29, 0.717) is 23.0 Å². The van der Waals surface area contributed by atoms with Crippen molar-refractivity contribution in [2.24, 2.45) is 0 Å². The largest absolute Gasteiger partial charge is 0.465 e. The molecule has 0 aliphatic carbocycles. The molecule has 2 aromatic heterocycles. The van der Waals surface area contributed by atoms with E-state index in [-0.39, 0.29) is 12.6 Å². The lowest BCUT2D eigenvalue weighted by molar-refractivity contribution is 0.0601. The number of carbonyl (C=O) groups is 1. The molecule has 8 heteroatoms. The highest BCUT2D eigenvalue weighted by Crippen LogP contribution is 2.24. The van der Waals surface area contributed by atoms with Crippen LogP contribution in [0.1, 0.15) is 17.3 Å². The van der Waals surface area contributed by atoms with Crippen LogP contribution in [0.4, 0.5) is 17.5 Å². The first-order valence-corrected chi connectivity index (χ1v) is 8.71. The Kier molecular flexibility index (Phi) is 6.13. The average molecular weight is 379 g/mol. The lowest BCUT2D eigenvalue weighted by Gasteiger charge is -2.14. The Labute approximate surface area is 162 Å². The summed E-state index contributed by atoms with van der Waals surface area (Å²) in [5.41, 5.74) is 2.82. The van der Waals surface area contributed by atoms with Gasteiger partial charge in [0.1, 0.15) is 5.82 Å². The summed E-state index contributed by atoms with van der Waals surface area (Å²) in [6, 6.07) is 12.2. The van der Waals surface area contributed by atoms with Crippen molar-refractivity contribution in [3.8, 4) is 11.3 Å². The number of hydrogen-bond acceptors (Lipinski definition) is 8. The van der Waals surface area contributed by atoms with Crippen molar-refractivity contribution in [2.45, 2.75) is 13.0 Å². The van der Waals surface area contributed by atoms with Gasteiger partial charge in [-0.3, -0.25) is 4.98 Å². The number of pyridine rings is 1. The van der Waals surface area contributed by atoms with Crippen molar-refractivity contribution < 1.29 is 14.6 Å². The number of anilines is 3. The van der Waals surface area contributed by atoms with Gasteiger partial charge in [0.25, 0.3) is 0 Å². The van der Waals surface area contributed by atoms with E-state index in [4.69, 9.17) is 4.74 Å². The second-order valence-electron chi connectivity index (χ2n) is 6.12. The second kappa shape index (κ2) is 8.92. The summed E-state index contributed by atoms with van der Waals surface area (Å²) >= 11 is 0. The third kappa shape index (κ3) is 4.80. The zero-order valence-electron chi connectivity index (χ0n) is 15.6. The highest BCUT2D eigenvalue weighted by molar-refractivity contribution is 5.89. The number of aliphatic hydroxyl groups is 1. The van der Waals surface area contributed by atoms with Gasteiger partial charge < -0.3 is 20.5 Å². The van der Waals surface area contributed by atoms with Crippen LogP contribution in [0, 0.1) is 0 Å².